The summed E-state index contributed by atoms with van der Waals surface area (Å²) in [6, 6.07) is 8.09. The van der Waals surface area contributed by atoms with Crippen LogP contribution < -0.4 is 5.32 Å². The topological polar surface area (TPSA) is 55.4 Å². The second-order valence-electron chi connectivity index (χ2n) is 5.26. The lowest BCUT2D eigenvalue weighted by Gasteiger charge is -2.11. The van der Waals surface area contributed by atoms with Crippen LogP contribution in [0.15, 0.2) is 35.2 Å². The van der Waals surface area contributed by atoms with Gasteiger partial charge in [0.15, 0.2) is 6.61 Å². The summed E-state index contributed by atoms with van der Waals surface area (Å²) in [5.41, 5.74) is 0.921. The molecule has 22 heavy (non-hydrogen) atoms. The number of hydrogen-bond donors (Lipinski definition) is 1. The van der Waals surface area contributed by atoms with Gasteiger partial charge < -0.3 is 10.1 Å². The minimum absolute atomic E-state index is 0.217. The van der Waals surface area contributed by atoms with Crippen LogP contribution in [-0.2, 0) is 14.3 Å². The van der Waals surface area contributed by atoms with Gasteiger partial charge in [0.1, 0.15) is 0 Å². The fourth-order valence-corrected chi connectivity index (χ4v) is 2.81. The Bertz CT molecular complexity index is 533. The number of amides is 1. The number of carbonyl (C=O) groups excluding carboxylic acids is 2. The van der Waals surface area contributed by atoms with E-state index in [-0.39, 0.29) is 18.6 Å². The smallest absolute Gasteiger partial charge is 0.331 e. The molecule has 1 fully saturated rings. The van der Waals surface area contributed by atoms with Crippen LogP contribution in [0.25, 0.3) is 6.08 Å². The number of hydrogen-bond acceptors (Lipinski definition) is 4. The minimum atomic E-state index is -0.504. The van der Waals surface area contributed by atoms with Gasteiger partial charge in [-0.05, 0) is 42.9 Å². The van der Waals surface area contributed by atoms with Crippen LogP contribution in [0.2, 0.25) is 0 Å². The van der Waals surface area contributed by atoms with Crippen LogP contribution in [0.5, 0.6) is 0 Å². The van der Waals surface area contributed by atoms with E-state index in [9.17, 15) is 9.59 Å². The van der Waals surface area contributed by atoms with E-state index in [1.54, 1.807) is 17.8 Å². The summed E-state index contributed by atoms with van der Waals surface area (Å²) in [6.07, 6.45) is 9.39. The standard InChI is InChI=1S/C17H21NO3S/c1-22-15-9-6-13(7-10-15)8-11-17(20)21-12-16(19)18-14-4-2-3-5-14/h6-11,14H,2-5,12H2,1H3,(H,18,19)/b11-8+. The van der Waals surface area contributed by atoms with Gasteiger partial charge >= 0.3 is 5.97 Å². The summed E-state index contributed by atoms with van der Waals surface area (Å²) in [6.45, 7) is -0.217. The van der Waals surface area contributed by atoms with Crippen LogP contribution >= 0.6 is 11.8 Å². The van der Waals surface area contributed by atoms with Crippen LogP contribution in [0.4, 0.5) is 0 Å². The largest absolute Gasteiger partial charge is 0.452 e. The first kappa shape index (κ1) is 16.6. The molecule has 118 valence electrons. The third-order valence-corrected chi connectivity index (χ3v) is 4.34. The highest BCUT2D eigenvalue weighted by Gasteiger charge is 2.17. The van der Waals surface area contributed by atoms with Crippen LogP contribution in [-0.4, -0.2) is 30.8 Å². The van der Waals surface area contributed by atoms with Crippen LogP contribution in [0.3, 0.4) is 0 Å². The van der Waals surface area contributed by atoms with E-state index in [4.69, 9.17) is 4.74 Å². The van der Waals surface area contributed by atoms with Crippen molar-refractivity contribution in [2.75, 3.05) is 12.9 Å². The maximum absolute atomic E-state index is 11.6. The molecule has 1 aliphatic carbocycles. The van der Waals surface area contributed by atoms with Gasteiger partial charge in [-0.3, -0.25) is 4.79 Å². The number of thioether (sulfide) groups is 1. The molecule has 1 aromatic rings. The Kier molecular flexibility index (Phi) is 6.52. The average molecular weight is 319 g/mol. The lowest BCUT2D eigenvalue weighted by molar-refractivity contribution is -0.144. The van der Waals surface area contributed by atoms with Gasteiger partial charge in [-0.25, -0.2) is 4.79 Å². The SMILES string of the molecule is CSc1ccc(/C=C/C(=O)OCC(=O)NC2CCCC2)cc1. The minimum Gasteiger partial charge on any atom is -0.452 e. The van der Waals surface area contributed by atoms with E-state index in [0.717, 1.165) is 31.2 Å². The predicted octanol–water partition coefficient (Wildman–Crippen LogP) is 3.02. The summed E-state index contributed by atoms with van der Waals surface area (Å²) < 4.78 is 4.94. The first-order chi connectivity index (χ1) is 10.7. The summed E-state index contributed by atoms with van der Waals surface area (Å²) in [7, 11) is 0. The lowest BCUT2D eigenvalue weighted by Crippen LogP contribution is -2.35. The lowest BCUT2D eigenvalue weighted by atomic mass is 10.2. The molecule has 5 heteroatoms. The molecule has 0 saturated heterocycles. The molecule has 0 atom stereocenters. The number of esters is 1. The predicted molar refractivity (Wildman–Crippen MR) is 88.6 cm³/mol. The van der Waals surface area contributed by atoms with Gasteiger partial charge in [0.2, 0.25) is 0 Å². The fourth-order valence-electron chi connectivity index (χ4n) is 2.40. The van der Waals surface area contributed by atoms with Crippen molar-refractivity contribution in [3.63, 3.8) is 0 Å². The Morgan fingerprint density at radius 3 is 2.59 bits per heavy atom. The molecule has 2 rings (SSSR count). The quantitative estimate of drug-likeness (QED) is 0.497. The molecular formula is C17H21NO3S. The number of ether oxygens (including phenoxy) is 1. The van der Waals surface area contributed by atoms with Crippen molar-refractivity contribution in [1.82, 2.24) is 5.32 Å². The maximum Gasteiger partial charge on any atom is 0.331 e. The van der Waals surface area contributed by atoms with E-state index in [2.05, 4.69) is 5.32 Å². The highest BCUT2D eigenvalue weighted by atomic mass is 32.2. The zero-order valence-corrected chi connectivity index (χ0v) is 13.5. The molecule has 1 saturated carbocycles. The summed E-state index contributed by atoms with van der Waals surface area (Å²) in [5, 5.41) is 2.88. The molecule has 1 amide bonds. The van der Waals surface area contributed by atoms with Gasteiger partial charge in [0, 0.05) is 17.0 Å². The number of nitrogens with one attached hydrogen (secondary N) is 1. The summed E-state index contributed by atoms with van der Waals surface area (Å²) in [5.74, 6) is -0.728. The van der Waals surface area contributed by atoms with Crippen LogP contribution in [0, 0.1) is 0 Å². The van der Waals surface area contributed by atoms with Crippen molar-refractivity contribution in [2.45, 2.75) is 36.6 Å². The van der Waals surface area contributed by atoms with Crippen LogP contribution in [0.1, 0.15) is 31.2 Å². The first-order valence-corrected chi connectivity index (χ1v) is 8.68. The Hall–Kier alpha value is -1.75. The van der Waals surface area contributed by atoms with Crippen molar-refractivity contribution in [1.29, 1.82) is 0 Å². The molecule has 0 aliphatic heterocycles. The third kappa shape index (κ3) is 5.56. The van der Waals surface area contributed by atoms with E-state index < -0.39 is 5.97 Å². The molecule has 0 heterocycles. The second-order valence-corrected chi connectivity index (χ2v) is 6.14. The van der Waals surface area contributed by atoms with Crippen molar-refractivity contribution in [3.05, 3.63) is 35.9 Å². The summed E-state index contributed by atoms with van der Waals surface area (Å²) >= 11 is 1.67. The molecule has 4 nitrogen and oxygen atoms in total. The Balaban J connectivity index is 1.72. The highest BCUT2D eigenvalue weighted by Crippen LogP contribution is 2.17. The molecule has 0 bridgehead atoms. The van der Waals surface area contributed by atoms with E-state index >= 15 is 0 Å². The summed E-state index contributed by atoms with van der Waals surface area (Å²) in [4.78, 5) is 24.4. The Labute approximate surface area is 135 Å². The van der Waals surface area contributed by atoms with Crippen molar-refractivity contribution in [3.8, 4) is 0 Å². The van der Waals surface area contributed by atoms with E-state index in [1.807, 2.05) is 30.5 Å². The average Bonchev–Trinajstić information content (AvgIpc) is 3.04. The molecule has 1 N–H and O–H groups in total. The number of carbonyl (C=O) groups is 2. The van der Waals surface area contributed by atoms with Gasteiger partial charge in [0.25, 0.3) is 5.91 Å². The monoisotopic (exact) mass is 319 g/mol. The zero-order chi connectivity index (χ0) is 15.8. The zero-order valence-electron chi connectivity index (χ0n) is 12.7. The number of rotatable bonds is 6. The fraction of sp³-hybridized carbons (Fsp3) is 0.412. The van der Waals surface area contributed by atoms with Gasteiger partial charge in [-0.2, -0.15) is 0 Å². The number of benzene rings is 1. The molecule has 0 spiro atoms. The maximum atomic E-state index is 11.6. The van der Waals surface area contributed by atoms with E-state index in [0.29, 0.717) is 0 Å². The third-order valence-electron chi connectivity index (χ3n) is 3.59. The Morgan fingerprint density at radius 2 is 1.95 bits per heavy atom. The van der Waals surface area contributed by atoms with Crippen molar-refractivity contribution >= 4 is 29.7 Å². The van der Waals surface area contributed by atoms with Gasteiger partial charge in [-0.1, -0.05) is 25.0 Å². The molecule has 0 aromatic heterocycles. The highest BCUT2D eigenvalue weighted by molar-refractivity contribution is 7.98. The molecule has 1 aromatic carbocycles. The van der Waals surface area contributed by atoms with Crippen molar-refractivity contribution < 1.29 is 14.3 Å². The normalized spacial score (nSPS) is 15.1. The molecule has 1 aliphatic rings. The van der Waals surface area contributed by atoms with Gasteiger partial charge in [-0.15, -0.1) is 11.8 Å². The first-order valence-electron chi connectivity index (χ1n) is 7.45. The molecule has 0 radical (unpaired) electrons. The molecular weight excluding hydrogens is 298 g/mol. The van der Waals surface area contributed by atoms with Gasteiger partial charge in [0.05, 0.1) is 0 Å². The second kappa shape index (κ2) is 8.63. The molecule has 0 unspecified atom stereocenters. The Morgan fingerprint density at radius 1 is 1.27 bits per heavy atom. The van der Waals surface area contributed by atoms with Crippen molar-refractivity contribution in [2.24, 2.45) is 0 Å². The van der Waals surface area contributed by atoms with E-state index in [1.165, 1.54) is 11.0 Å².